The fraction of sp³-hybridized carbons (Fsp3) is 0.0833. The van der Waals surface area contributed by atoms with E-state index in [9.17, 15) is 9.18 Å². The minimum Gasteiger partial charge on any atom is -0.496 e. The number of hydrogen-bond donors (Lipinski definition) is 0. The first kappa shape index (κ1) is 10.4. The van der Waals surface area contributed by atoms with Crippen molar-refractivity contribution in [1.29, 1.82) is 0 Å². The van der Waals surface area contributed by atoms with Crippen LogP contribution in [0, 0.1) is 5.82 Å². The molecule has 0 unspecified atom stereocenters. The summed E-state index contributed by atoms with van der Waals surface area (Å²) in [5.41, 5.74) is 0.549. The normalized spacial score (nSPS) is 10.1. The lowest BCUT2D eigenvalue weighted by molar-refractivity contribution is 0.103. The molecule has 2 aromatic rings. The molecule has 0 saturated carbocycles. The van der Waals surface area contributed by atoms with Gasteiger partial charge in [-0.05, 0) is 24.3 Å². The number of carbonyl (C=O) groups excluding carboxylic acids is 1. The number of halogens is 1. The van der Waals surface area contributed by atoms with Crippen molar-refractivity contribution < 1.29 is 18.3 Å². The van der Waals surface area contributed by atoms with Crippen LogP contribution in [-0.2, 0) is 0 Å². The molecule has 3 nitrogen and oxygen atoms in total. The molecule has 16 heavy (non-hydrogen) atoms. The monoisotopic (exact) mass is 220 g/mol. The molecule has 4 heteroatoms. The van der Waals surface area contributed by atoms with Crippen LogP contribution in [0.15, 0.2) is 41.2 Å². The van der Waals surface area contributed by atoms with Gasteiger partial charge in [-0.15, -0.1) is 0 Å². The molecule has 0 radical (unpaired) electrons. The summed E-state index contributed by atoms with van der Waals surface area (Å²) in [6.07, 6.45) is 2.70. The van der Waals surface area contributed by atoms with Gasteiger partial charge in [0, 0.05) is 0 Å². The highest BCUT2D eigenvalue weighted by atomic mass is 19.1. The third kappa shape index (κ3) is 1.82. The van der Waals surface area contributed by atoms with E-state index in [1.54, 1.807) is 0 Å². The Morgan fingerprint density at radius 1 is 1.38 bits per heavy atom. The summed E-state index contributed by atoms with van der Waals surface area (Å²) in [6.45, 7) is 0. The Morgan fingerprint density at radius 2 is 2.19 bits per heavy atom. The van der Waals surface area contributed by atoms with Gasteiger partial charge < -0.3 is 9.15 Å². The van der Waals surface area contributed by atoms with Crippen LogP contribution in [0.4, 0.5) is 4.39 Å². The number of furan rings is 1. The van der Waals surface area contributed by atoms with E-state index in [0.29, 0.717) is 11.3 Å². The molecule has 0 amide bonds. The molecule has 0 fully saturated rings. The second-order valence-corrected chi connectivity index (χ2v) is 3.19. The molecule has 0 aliphatic heterocycles. The number of carbonyl (C=O) groups is 1. The van der Waals surface area contributed by atoms with Gasteiger partial charge in [0.1, 0.15) is 17.8 Å². The minimum absolute atomic E-state index is 0.184. The first-order valence-electron chi connectivity index (χ1n) is 4.63. The highest BCUT2D eigenvalue weighted by Crippen LogP contribution is 2.22. The van der Waals surface area contributed by atoms with Crippen molar-refractivity contribution in [1.82, 2.24) is 0 Å². The number of ketones is 1. The van der Waals surface area contributed by atoms with Gasteiger partial charge in [0.05, 0.1) is 24.5 Å². The second kappa shape index (κ2) is 4.18. The topological polar surface area (TPSA) is 39.4 Å². The molecule has 0 spiro atoms. The zero-order chi connectivity index (χ0) is 11.5. The number of methoxy groups -OCH3 is 1. The van der Waals surface area contributed by atoms with E-state index in [0.717, 1.165) is 6.07 Å². The van der Waals surface area contributed by atoms with Crippen molar-refractivity contribution >= 4 is 5.78 Å². The van der Waals surface area contributed by atoms with Gasteiger partial charge in [0.2, 0.25) is 0 Å². The van der Waals surface area contributed by atoms with Crippen LogP contribution >= 0.6 is 0 Å². The van der Waals surface area contributed by atoms with Crippen molar-refractivity contribution in [3.8, 4) is 5.75 Å². The summed E-state index contributed by atoms with van der Waals surface area (Å²) in [4.78, 5) is 11.9. The van der Waals surface area contributed by atoms with E-state index in [1.165, 1.54) is 37.8 Å². The largest absolute Gasteiger partial charge is 0.496 e. The van der Waals surface area contributed by atoms with Crippen LogP contribution < -0.4 is 4.74 Å². The predicted octanol–water partition coefficient (Wildman–Crippen LogP) is 2.66. The van der Waals surface area contributed by atoms with Gasteiger partial charge in [-0.1, -0.05) is 0 Å². The molecular formula is C12H9FO3. The quantitative estimate of drug-likeness (QED) is 0.746. The van der Waals surface area contributed by atoms with Gasteiger partial charge in [-0.3, -0.25) is 4.79 Å². The maximum atomic E-state index is 13.1. The van der Waals surface area contributed by atoms with Gasteiger partial charge in [0.25, 0.3) is 0 Å². The molecule has 2 rings (SSSR count). The van der Waals surface area contributed by atoms with Crippen LogP contribution in [0.5, 0.6) is 5.75 Å². The van der Waals surface area contributed by atoms with Gasteiger partial charge in [0.15, 0.2) is 5.78 Å². The lowest BCUT2D eigenvalue weighted by Gasteiger charge is -2.06. The molecule has 0 saturated heterocycles. The molecule has 82 valence electrons. The Kier molecular flexibility index (Phi) is 2.72. The molecular weight excluding hydrogens is 211 g/mol. The van der Waals surface area contributed by atoms with Gasteiger partial charge in [-0.25, -0.2) is 4.39 Å². The van der Waals surface area contributed by atoms with Gasteiger partial charge in [-0.2, -0.15) is 0 Å². The Balaban J connectivity index is 2.47. The summed E-state index contributed by atoms with van der Waals surface area (Å²) < 4.78 is 22.9. The Hall–Kier alpha value is -2.10. The molecule has 0 aliphatic rings. The Morgan fingerprint density at radius 3 is 2.81 bits per heavy atom. The molecule has 1 heterocycles. The summed E-state index contributed by atoms with van der Waals surface area (Å²) in [7, 11) is 1.43. The molecule has 0 aliphatic carbocycles. The lowest BCUT2D eigenvalue weighted by Crippen LogP contribution is -2.03. The Bertz CT molecular complexity index is 503. The number of hydrogen-bond acceptors (Lipinski definition) is 3. The van der Waals surface area contributed by atoms with Crippen LogP contribution in [0.1, 0.15) is 15.9 Å². The molecule has 0 atom stereocenters. The van der Waals surface area contributed by atoms with Crippen molar-refractivity contribution in [3.63, 3.8) is 0 Å². The van der Waals surface area contributed by atoms with Crippen molar-refractivity contribution in [2.45, 2.75) is 0 Å². The second-order valence-electron chi connectivity index (χ2n) is 3.19. The van der Waals surface area contributed by atoms with E-state index in [2.05, 4.69) is 0 Å². The predicted molar refractivity (Wildman–Crippen MR) is 55.1 cm³/mol. The van der Waals surface area contributed by atoms with E-state index in [1.807, 2.05) is 0 Å². The molecule has 0 N–H and O–H groups in total. The van der Waals surface area contributed by atoms with Crippen molar-refractivity contribution in [2.24, 2.45) is 0 Å². The zero-order valence-electron chi connectivity index (χ0n) is 8.57. The summed E-state index contributed by atoms with van der Waals surface area (Å²) >= 11 is 0. The lowest BCUT2D eigenvalue weighted by atomic mass is 10.1. The third-order valence-corrected chi connectivity index (χ3v) is 2.19. The van der Waals surface area contributed by atoms with E-state index >= 15 is 0 Å². The average molecular weight is 220 g/mol. The molecule has 1 aromatic heterocycles. The van der Waals surface area contributed by atoms with Crippen LogP contribution in [0.3, 0.4) is 0 Å². The molecule has 0 bridgehead atoms. The summed E-state index contributed by atoms with van der Waals surface area (Å²) in [5, 5.41) is 0. The average Bonchev–Trinajstić information content (AvgIpc) is 2.81. The third-order valence-electron chi connectivity index (χ3n) is 2.19. The van der Waals surface area contributed by atoms with E-state index in [4.69, 9.17) is 9.15 Å². The zero-order valence-corrected chi connectivity index (χ0v) is 8.57. The highest BCUT2D eigenvalue weighted by molar-refractivity contribution is 6.10. The summed E-state index contributed by atoms with van der Waals surface area (Å²) in [6, 6.07) is 5.33. The maximum absolute atomic E-state index is 13.1. The van der Waals surface area contributed by atoms with Gasteiger partial charge >= 0.3 is 0 Å². The summed E-state index contributed by atoms with van der Waals surface area (Å²) in [5.74, 6) is -0.467. The number of ether oxygens (including phenoxy) is 1. The maximum Gasteiger partial charge on any atom is 0.200 e. The fourth-order valence-electron chi connectivity index (χ4n) is 1.41. The minimum atomic E-state index is -0.479. The number of benzene rings is 1. The SMILES string of the molecule is COc1ccc(F)cc1C(=O)c1ccoc1. The van der Waals surface area contributed by atoms with E-state index < -0.39 is 5.82 Å². The van der Waals surface area contributed by atoms with Crippen LogP contribution in [-0.4, -0.2) is 12.9 Å². The Labute approximate surface area is 91.5 Å². The van der Waals surface area contributed by atoms with Crippen molar-refractivity contribution in [3.05, 3.63) is 53.7 Å². The first-order chi connectivity index (χ1) is 7.72. The van der Waals surface area contributed by atoms with Crippen LogP contribution in [0.25, 0.3) is 0 Å². The van der Waals surface area contributed by atoms with Crippen LogP contribution in [0.2, 0.25) is 0 Å². The van der Waals surface area contributed by atoms with Crippen molar-refractivity contribution in [2.75, 3.05) is 7.11 Å². The fourth-order valence-corrected chi connectivity index (χ4v) is 1.41. The van der Waals surface area contributed by atoms with E-state index in [-0.39, 0.29) is 11.3 Å². The smallest absolute Gasteiger partial charge is 0.200 e. The number of rotatable bonds is 3. The molecule has 1 aromatic carbocycles. The standard InChI is InChI=1S/C12H9FO3/c1-15-11-3-2-9(13)6-10(11)12(14)8-4-5-16-7-8/h2-7H,1H3. The first-order valence-corrected chi connectivity index (χ1v) is 4.63. The highest BCUT2D eigenvalue weighted by Gasteiger charge is 2.16.